The van der Waals surface area contributed by atoms with Crippen LogP contribution in [0.2, 0.25) is 0 Å². The van der Waals surface area contributed by atoms with Crippen molar-refractivity contribution in [3.05, 3.63) is 54.4 Å². The van der Waals surface area contributed by atoms with Gasteiger partial charge in [0, 0.05) is 47.2 Å². The van der Waals surface area contributed by atoms with Gasteiger partial charge in [-0.25, -0.2) is 0 Å². The number of hydrogen-bond donors (Lipinski definition) is 1. The van der Waals surface area contributed by atoms with E-state index in [1.165, 1.54) is 34.9 Å². The quantitative estimate of drug-likeness (QED) is 0.573. The maximum Gasteiger partial charge on any atom is 0.0702 e. The largest absolute Gasteiger partial charge is 0.347 e. The molecule has 3 nitrogen and oxygen atoms in total. The van der Waals surface area contributed by atoms with Crippen LogP contribution in [0.4, 0.5) is 0 Å². The highest BCUT2D eigenvalue weighted by atomic mass is 32.2. The molecule has 1 saturated carbocycles. The van der Waals surface area contributed by atoms with E-state index in [2.05, 4.69) is 65.5 Å². The molecule has 0 spiro atoms. The topological polar surface area (TPSA) is 29.9 Å². The van der Waals surface area contributed by atoms with Crippen LogP contribution in [0.5, 0.6) is 0 Å². The van der Waals surface area contributed by atoms with Crippen molar-refractivity contribution < 1.29 is 0 Å². The molecule has 1 aliphatic rings. The third-order valence-electron chi connectivity index (χ3n) is 4.61. The fourth-order valence-electron chi connectivity index (χ4n) is 3.27. The molecule has 4 heteroatoms. The van der Waals surface area contributed by atoms with E-state index in [0.717, 1.165) is 24.0 Å². The monoisotopic (exact) mass is 365 g/mol. The van der Waals surface area contributed by atoms with Gasteiger partial charge in [-0.05, 0) is 42.0 Å². The maximum atomic E-state index is 4.52. The Kier molecular flexibility index (Phi) is 4.80. The smallest absolute Gasteiger partial charge is 0.0702 e. The average molecular weight is 366 g/mol. The van der Waals surface area contributed by atoms with Crippen LogP contribution >= 0.6 is 11.9 Å². The number of aromatic nitrogens is 2. The summed E-state index contributed by atoms with van der Waals surface area (Å²) in [4.78, 5) is 4.52. The number of rotatable bonds is 6. The van der Waals surface area contributed by atoms with Crippen molar-refractivity contribution in [1.29, 1.82) is 0 Å². The molecule has 0 bridgehead atoms. The van der Waals surface area contributed by atoms with Gasteiger partial charge in [0.05, 0.1) is 5.69 Å². The summed E-state index contributed by atoms with van der Waals surface area (Å²) in [7, 11) is 0. The highest BCUT2D eigenvalue weighted by Gasteiger charge is 2.22. The molecule has 136 valence electrons. The van der Waals surface area contributed by atoms with Crippen molar-refractivity contribution in [2.45, 2.75) is 52.0 Å². The van der Waals surface area contributed by atoms with Crippen LogP contribution in [0.25, 0.3) is 22.2 Å². The molecule has 26 heavy (non-hydrogen) atoms. The minimum atomic E-state index is 0.237. The lowest BCUT2D eigenvalue weighted by Crippen LogP contribution is -2.14. The number of hydrogen-bond acceptors (Lipinski definition) is 3. The van der Waals surface area contributed by atoms with E-state index >= 15 is 0 Å². The van der Waals surface area contributed by atoms with E-state index in [1.54, 1.807) is 0 Å². The van der Waals surface area contributed by atoms with Crippen molar-refractivity contribution in [2.75, 3.05) is 0 Å². The van der Waals surface area contributed by atoms with Crippen LogP contribution in [0.1, 0.15) is 39.2 Å². The first kappa shape index (κ1) is 17.6. The zero-order valence-corrected chi connectivity index (χ0v) is 16.6. The third-order valence-corrected chi connectivity index (χ3v) is 5.72. The molecule has 4 rings (SSSR count). The summed E-state index contributed by atoms with van der Waals surface area (Å²) < 4.78 is 5.99. The van der Waals surface area contributed by atoms with Crippen molar-refractivity contribution in [3.8, 4) is 11.3 Å². The van der Waals surface area contributed by atoms with Crippen LogP contribution in [-0.4, -0.2) is 14.8 Å². The zero-order valence-electron chi connectivity index (χ0n) is 15.8. The summed E-state index contributed by atoms with van der Waals surface area (Å²) in [5.74, 6) is 0. The number of benzene rings is 1. The molecule has 2 aromatic heterocycles. The number of fused-ring (bicyclic) bond motifs is 1. The van der Waals surface area contributed by atoms with Crippen molar-refractivity contribution in [1.82, 2.24) is 14.3 Å². The van der Waals surface area contributed by atoms with Crippen LogP contribution in [0.3, 0.4) is 0 Å². The summed E-state index contributed by atoms with van der Waals surface area (Å²) in [5, 5.41) is 2.17. The van der Waals surface area contributed by atoms with Gasteiger partial charge in [0.1, 0.15) is 0 Å². The van der Waals surface area contributed by atoms with Crippen LogP contribution in [0.15, 0.2) is 48.8 Å². The van der Waals surface area contributed by atoms with Crippen molar-refractivity contribution in [3.63, 3.8) is 0 Å². The fourth-order valence-corrected chi connectivity index (χ4v) is 4.11. The molecule has 0 unspecified atom stereocenters. The van der Waals surface area contributed by atoms with Crippen molar-refractivity contribution >= 4 is 22.9 Å². The van der Waals surface area contributed by atoms with Gasteiger partial charge in [-0.1, -0.05) is 50.9 Å². The Hall–Kier alpha value is -1.78. The Morgan fingerprint density at radius 2 is 2.04 bits per heavy atom. The molecule has 1 aliphatic carbocycles. The van der Waals surface area contributed by atoms with Gasteiger partial charge in [-0.3, -0.25) is 9.71 Å². The summed E-state index contributed by atoms with van der Waals surface area (Å²) in [6, 6.07) is 12.8. The van der Waals surface area contributed by atoms with Gasteiger partial charge in [-0.15, -0.1) is 0 Å². The second kappa shape index (κ2) is 7.09. The molecule has 0 amide bonds. The summed E-state index contributed by atoms with van der Waals surface area (Å²) in [6.45, 7) is 8.80. The molecular weight excluding hydrogens is 338 g/mol. The first-order chi connectivity index (χ1) is 12.5. The number of nitrogens with one attached hydrogen (secondary N) is 1. The van der Waals surface area contributed by atoms with Gasteiger partial charge < -0.3 is 4.57 Å². The molecule has 0 radical (unpaired) electrons. The number of nitrogens with zero attached hydrogens (tertiary/aromatic N) is 2. The van der Waals surface area contributed by atoms with E-state index in [0.29, 0.717) is 0 Å². The average Bonchev–Trinajstić information content (AvgIpc) is 3.38. The zero-order chi connectivity index (χ0) is 18.1. The van der Waals surface area contributed by atoms with Crippen LogP contribution in [-0.2, 0) is 13.1 Å². The van der Waals surface area contributed by atoms with E-state index in [9.17, 15) is 0 Å². The maximum absolute atomic E-state index is 4.52. The third kappa shape index (κ3) is 4.13. The van der Waals surface area contributed by atoms with Gasteiger partial charge in [-0.2, -0.15) is 0 Å². The second-order valence-electron chi connectivity index (χ2n) is 8.43. The highest BCUT2D eigenvalue weighted by molar-refractivity contribution is 7.98. The molecule has 1 fully saturated rings. The Morgan fingerprint density at radius 3 is 2.73 bits per heavy atom. The molecule has 1 N–H and O–H groups in total. The SMILES string of the molecule is CC(C)(C)Cn1cc(CNSC2CC2)c2ccc(-c3ccccn3)cc21. The molecule has 0 atom stereocenters. The van der Waals surface area contributed by atoms with E-state index in [1.807, 2.05) is 30.3 Å². The van der Waals surface area contributed by atoms with E-state index in [-0.39, 0.29) is 5.41 Å². The minimum Gasteiger partial charge on any atom is -0.347 e. The molecule has 0 aliphatic heterocycles. The van der Waals surface area contributed by atoms with Crippen LogP contribution in [0, 0.1) is 5.41 Å². The summed E-state index contributed by atoms with van der Waals surface area (Å²) in [5.41, 5.74) is 5.13. The minimum absolute atomic E-state index is 0.237. The summed E-state index contributed by atoms with van der Waals surface area (Å²) >= 11 is 1.90. The summed E-state index contributed by atoms with van der Waals surface area (Å²) in [6.07, 6.45) is 6.91. The molecule has 1 aromatic carbocycles. The van der Waals surface area contributed by atoms with E-state index < -0.39 is 0 Å². The normalized spacial score (nSPS) is 14.9. The Bertz CT molecular complexity index is 889. The second-order valence-corrected chi connectivity index (χ2v) is 9.62. The standard InChI is InChI=1S/C22H27N3S/c1-22(2,3)15-25-14-17(13-24-26-18-8-9-18)19-10-7-16(12-21(19)25)20-6-4-5-11-23-20/h4-7,10-12,14,18,24H,8-9,13,15H2,1-3H3. The first-order valence-corrected chi connectivity index (χ1v) is 10.3. The Labute approximate surface area is 160 Å². The Morgan fingerprint density at radius 1 is 1.19 bits per heavy atom. The number of pyridine rings is 1. The lowest BCUT2D eigenvalue weighted by atomic mass is 9.97. The molecule has 2 heterocycles. The fraction of sp³-hybridized carbons (Fsp3) is 0.409. The molecular formula is C22H27N3S. The lowest BCUT2D eigenvalue weighted by molar-refractivity contribution is 0.349. The van der Waals surface area contributed by atoms with Crippen molar-refractivity contribution in [2.24, 2.45) is 5.41 Å². The Balaban J connectivity index is 1.70. The van der Waals surface area contributed by atoms with Crippen LogP contribution < -0.4 is 4.72 Å². The van der Waals surface area contributed by atoms with Gasteiger partial charge >= 0.3 is 0 Å². The molecule has 0 saturated heterocycles. The molecule has 3 aromatic rings. The predicted octanol–water partition coefficient (Wildman–Crippen LogP) is 5.65. The highest BCUT2D eigenvalue weighted by Crippen LogP contribution is 2.33. The van der Waals surface area contributed by atoms with Gasteiger partial charge in [0.25, 0.3) is 0 Å². The first-order valence-electron chi connectivity index (χ1n) is 9.41. The van der Waals surface area contributed by atoms with Gasteiger partial charge in [0.2, 0.25) is 0 Å². The predicted molar refractivity (Wildman–Crippen MR) is 112 cm³/mol. The van der Waals surface area contributed by atoms with E-state index in [4.69, 9.17) is 0 Å². The van der Waals surface area contributed by atoms with Gasteiger partial charge in [0.15, 0.2) is 0 Å². The lowest BCUT2D eigenvalue weighted by Gasteiger charge is -2.20.